The van der Waals surface area contributed by atoms with Gasteiger partial charge in [-0.15, -0.1) is 0 Å². The van der Waals surface area contributed by atoms with Crippen LogP contribution in [0.2, 0.25) is 0 Å². The van der Waals surface area contributed by atoms with Crippen LogP contribution >= 0.6 is 0 Å². The van der Waals surface area contributed by atoms with Crippen LogP contribution in [0.4, 0.5) is 0 Å². The Morgan fingerprint density at radius 3 is 1.46 bits per heavy atom. The van der Waals surface area contributed by atoms with Gasteiger partial charge in [0.25, 0.3) is 0 Å². The normalized spacial score (nSPS) is 13.5. The van der Waals surface area contributed by atoms with Crippen molar-refractivity contribution in [3.63, 3.8) is 0 Å². The van der Waals surface area contributed by atoms with Crippen LogP contribution < -0.4 is 0 Å². The molecular formula is C18H32O6. The first kappa shape index (κ1) is 22.7. The summed E-state index contributed by atoms with van der Waals surface area (Å²) < 4.78 is 0. The van der Waals surface area contributed by atoms with Crippen LogP contribution in [0.5, 0.6) is 0 Å². The minimum absolute atomic E-state index is 0.125. The van der Waals surface area contributed by atoms with Crippen molar-refractivity contribution in [2.45, 2.75) is 96.2 Å². The molecule has 0 heterocycles. The van der Waals surface area contributed by atoms with Crippen molar-refractivity contribution in [3.05, 3.63) is 0 Å². The van der Waals surface area contributed by atoms with Crippen LogP contribution in [0.15, 0.2) is 0 Å². The van der Waals surface area contributed by atoms with Crippen molar-refractivity contribution in [1.29, 1.82) is 0 Å². The molecule has 24 heavy (non-hydrogen) atoms. The zero-order valence-corrected chi connectivity index (χ0v) is 14.7. The van der Waals surface area contributed by atoms with Crippen LogP contribution in [0.1, 0.15) is 84.0 Å². The number of aliphatic hydroxyl groups is 2. The Kier molecular flexibility index (Phi) is 13.4. The fourth-order valence-electron chi connectivity index (χ4n) is 2.48. The molecule has 0 aromatic rings. The zero-order chi connectivity index (χ0) is 18.4. The topological polar surface area (TPSA) is 112 Å². The highest BCUT2D eigenvalue weighted by molar-refractivity contribution is 5.92. The molecule has 0 fully saturated rings. The van der Waals surface area contributed by atoms with E-state index in [1.165, 1.54) is 0 Å². The predicted molar refractivity (Wildman–Crippen MR) is 90.7 cm³/mol. The molecule has 2 atom stereocenters. The molecule has 0 saturated carbocycles. The summed E-state index contributed by atoms with van der Waals surface area (Å²) in [5, 5.41) is 28.0. The van der Waals surface area contributed by atoms with Crippen LogP contribution in [0.3, 0.4) is 0 Å². The molecule has 3 N–H and O–H groups in total. The Labute approximate surface area is 144 Å². The number of aliphatic carboxylic acids is 1. The maximum atomic E-state index is 11.8. The van der Waals surface area contributed by atoms with Gasteiger partial charge >= 0.3 is 5.97 Å². The van der Waals surface area contributed by atoms with E-state index in [0.717, 1.165) is 38.5 Å². The summed E-state index contributed by atoms with van der Waals surface area (Å²) in [5.74, 6) is -1.78. The van der Waals surface area contributed by atoms with E-state index in [4.69, 9.17) is 5.11 Å². The van der Waals surface area contributed by atoms with Gasteiger partial charge in [-0.05, 0) is 19.3 Å². The van der Waals surface area contributed by atoms with Crippen molar-refractivity contribution >= 4 is 17.5 Å². The van der Waals surface area contributed by atoms with E-state index < -0.39 is 29.7 Å². The van der Waals surface area contributed by atoms with Gasteiger partial charge in [0.1, 0.15) is 12.2 Å². The number of ketones is 2. The largest absolute Gasteiger partial charge is 0.481 e. The molecule has 6 heteroatoms. The molecule has 140 valence electrons. The van der Waals surface area contributed by atoms with Gasteiger partial charge in [0, 0.05) is 19.3 Å². The maximum absolute atomic E-state index is 11.8. The van der Waals surface area contributed by atoms with E-state index in [1.807, 2.05) is 0 Å². The number of carboxylic acid groups (broad SMARTS) is 1. The van der Waals surface area contributed by atoms with Crippen molar-refractivity contribution in [2.75, 3.05) is 0 Å². The van der Waals surface area contributed by atoms with Crippen molar-refractivity contribution in [1.82, 2.24) is 0 Å². The lowest BCUT2D eigenvalue weighted by atomic mass is 9.98. The van der Waals surface area contributed by atoms with E-state index in [0.29, 0.717) is 19.3 Å². The second-order valence-electron chi connectivity index (χ2n) is 6.29. The first-order valence-electron chi connectivity index (χ1n) is 9.03. The molecule has 0 bridgehead atoms. The minimum atomic E-state index is -1.63. The molecule has 0 spiro atoms. The Hall–Kier alpha value is -1.27. The summed E-state index contributed by atoms with van der Waals surface area (Å²) in [6, 6.07) is 0. The van der Waals surface area contributed by atoms with Crippen molar-refractivity contribution in [3.8, 4) is 0 Å². The lowest BCUT2D eigenvalue weighted by Crippen LogP contribution is -2.39. The summed E-state index contributed by atoms with van der Waals surface area (Å²) in [4.78, 5) is 33.9. The first-order chi connectivity index (χ1) is 11.4. The highest BCUT2D eigenvalue weighted by Crippen LogP contribution is 2.11. The van der Waals surface area contributed by atoms with Crippen molar-refractivity contribution in [2.24, 2.45) is 0 Å². The Morgan fingerprint density at radius 2 is 1.04 bits per heavy atom. The zero-order valence-electron chi connectivity index (χ0n) is 14.7. The van der Waals surface area contributed by atoms with E-state index >= 15 is 0 Å². The molecule has 0 amide bonds. The molecule has 0 aliphatic heterocycles. The maximum Gasteiger partial charge on any atom is 0.303 e. The molecule has 0 radical (unpaired) electrons. The molecule has 0 unspecified atom stereocenters. The Bertz CT molecular complexity index is 380. The smallest absolute Gasteiger partial charge is 0.303 e. The standard InChI is InChI=1S/C18H32O6/c1-2-3-4-8-11-14(19)17(23)18(24)15(20)12-9-6-5-7-10-13-16(21)22/h17-18,23-24H,2-13H2,1H3,(H,21,22)/t17-,18-/m0/s1. The second kappa shape index (κ2) is 14.1. The number of carbonyl (C=O) groups excluding carboxylic acids is 2. The van der Waals surface area contributed by atoms with Gasteiger partial charge in [-0.3, -0.25) is 14.4 Å². The molecule has 0 aromatic carbocycles. The van der Waals surface area contributed by atoms with Gasteiger partial charge in [0.15, 0.2) is 11.6 Å². The van der Waals surface area contributed by atoms with E-state index in [-0.39, 0.29) is 19.3 Å². The van der Waals surface area contributed by atoms with Crippen LogP contribution in [0.25, 0.3) is 0 Å². The monoisotopic (exact) mass is 344 g/mol. The number of hydrogen-bond donors (Lipinski definition) is 3. The Balaban J connectivity index is 3.83. The van der Waals surface area contributed by atoms with Crippen molar-refractivity contribution < 1.29 is 29.7 Å². The molecule has 0 aliphatic rings. The Morgan fingerprint density at radius 1 is 0.667 bits per heavy atom. The van der Waals surface area contributed by atoms with Gasteiger partial charge < -0.3 is 15.3 Å². The summed E-state index contributed by atoms with van der Waals surface area (Å²) in [6.45, 7) is 2.06. The number of rotatable bonds is 16. The van der Waals surface area contributed by atoms with Gasteiger partial charge in [-0.2, -0.15) is 0 Å². The fourth-order valence-corrected chi connectivity index (χ4v) is 2.48. The molecule has 0 aromatic heterocycles. The summed E-state index contributed by atoms with van der Waals surface area (Å²) >= 11 is 0. The van der Waals surface area contributed by atoms with Crippen LogP contribution in [-0.2, 0) is 14.4 Å². The van der Waals surface area contributed by atoms with Gasteiger partial charge in [-0.25, -0.2) is 0 Å². The highest BCUT2D eigenvalue weighted by Gasteiger charge is 2.28. The summed E-state index contributed by atoms with van der Waals surface area (Å²) in [6.07, 6.45) is 4.45. The lowest BCUT2D eigenvalue weighted by Gasteiger charge is -2.15. The average Bonchev–Trinajstić information content (AvgIpc) is 2.55. The number of hydrogen-bond acceptors (Lipinski definition) is 5. The summed E-state index contributed by atoms with van der Waals surface area (Å²) in [7, 11) is 0. The fraction of sp³-hybridized carbons (Fsp3) is 0.833. The average molecular weight is 344 g/mol. The summed E-state index contributed by atoms with van der Waals surface area (Å²) in [5.41, 5.74) is 0. The van der Waals surface area contributed by atoms with E-state index in [2.05, 4.69) is 6.92 Å². The van der Waals surface area contributed by atoms with E-state index in [9.17, 15) is 24.6 Å². The third-order valence-corrected chi connectivity index (χ3v) is 4.05. The van der Waals surface area contributed by atoms with Gasteiger partial charge in [0.2, 0.25) is 0 Å². The number of carbonyl (C=O) groups is 3. The third kappa shape index (κ3) is 11.3. The van der Waals surface area contributed by atoms with Crippen LogP contribution in [-0.4, -0.2) is 45.1 Å². The number of carboxylic acids is 1. The lowest BCUT2D eigenvalue weighted by molar-refractivity contribution is -0.143. The van der Waals surface area contributed by atoms with Gasteiger partial charge in [0.05, 0.1) is 0 Å². The van der Waals surface area contributed by atoms with Crippen LogP contribution in [0, 0.1) is 0 Å². The number of Topliss-reactive ketones (excluding diaryl/α,β-unsaturated/α-hetero) is 2. The highest BCUT2D eigenvalue weighted by atomic mass is 16.4. The number of unbranched alkanes of at least 4 members (excludes halogenated alkanes) is 7. The first-order valence-corrected chi connectivity index (χ1v) is 9.03. The molecule has 0 rings (SSSR count). The second-order valence-corrected chi connectivity index (χ2v) is 6.29. The third-order valence-electron chi connectivity index (χ3n) is 4.05. The van der Waals surface area contributed by atoms with Gasteiger partial charge in [-0.1, -0.05) is 45.4 Å². The predicted octanol–water partition coefficient (Wildman–Crippen LogP) is 2.63. The number of aliphatic hydroxyl groups excluding tert-OH is 2. The molecule has 6 nitrogen and oxygen atoms in total. The molecule has 0 aliphatic carbocycles. The molecule has 0 saturated heterocycles. The molecular weight excluding hydrogens is 312 g/mol. The SMILES string of the molecule is CCCCCCC(=O)[C@H](O)[C@@H](O)C(=O)CCCCCCCC(=O)O. The van der Waals surface area contributed by atoms with E-state index in [1.54, 1.807) is 0 Å². The quantitative estimate of drug-likeness (QED) is 0.371. The minimum Gasteiger partial charge on any atom is -0.481 e.